The van der Waals surface area contributed by atoms with Crippen molar-refractivity contribution in [3.05, 3.63) is 53.3 Å². The third-order valence-electron chi connectivity index (χ3n) is 4.66. The number of rotatable bonds is 7. The highest BCUT2D eigenvalue weighted by Crippen LogP contribution is 2.36. The van der Waals surface area contributed by atoms with Crippen molar-refractivity contribution in [3.8, 4) is 0 Å². The zero-order valence-corrected chi connectivity index (χ0v) is 14.4. The summed E-state index contributed by atoms with van der Waals surface area (Å²) in [4.78, 5) is 14.8. The fourth-order valence-electron chi connectivity index (χ4n) is 3.21. The number of benzene rings is 1. The normalized spacial score (nSPS) is 15.3. The maximum atomic E-state index is 13.0. The molecule has 0 aliphatic heterocycles. The number of amides is 1. The number of carbonyl (C=O) groups is 1. The molecule has 0 spiro atoms. The monoisotopic (exact) mass is 327 g/mol. The number of aliphatic hydroxyl groups is 1. The lowest BCUT2D eigenvalue weighted by Gasteiger charge is -2.31. The van der Waals surface area contributed by atoms with Crippen molar-refractivity contribution in [1.82, 2.24) is 14.7 Å². The van der Waals surface area contributed by atoms with Gasteiger partial charge >= 0.3 is 0 Å². The number of carbonyl (C=O) groups excluding carboxylic acids is 1. The fraction of sp³-hybridized carbons (Fsp3) is 0.474. The van der Waals surface area contributed by atoms with E-state index in [4.69, 9.17) is 0 Å². The van der Waals surface area contributed by atoms with E-state index in [0.717, 1.165) is 29.8 Å². The Hall–Kier alpha value is -2.14. The van der Waals surface area contributed by atoms with Crippen LogP contribution in [0.1, 0.15) is 29.8 Å². The highest BCUT2D eigenvalue weighted by atomic mass is 16.3. The summed E-state index contributed by atoms with van der Waals surface area (Å²) in [6.45, 7) is 4.65. The molecule has 3 rings (SSSR count). The molecular weight excluding hydrogens is 302 g/mol. The lowest BCUT2D eigenvalue weighted by Crippen LogP contribution is -2.45. The maximum absolute atomic E-state index is 13.0. The minimum atomic E-state index is -0.102. The molecule has 1 heterocycles. The standard InChI is InChI=1S/C19H25N3O2/c1-14-10-15(2)22(20-14)12-19(24)21(18(13-23)17-8-9-17)11-16-6-4-3-5-7-16/h3-7,10,17-18,23H,8-9,11-13H2,1-2H3. The Kier molecular flexibility index (Phi) is 5.00. The van der Waals surface area contributed by atoms with Gasteiger partial charge < -0.3 is 10.0 Å². The Balaban J connectivity index is 1.80. The number of aliphatic hydroxyl groups excluding tert-OH is 1. The van der Waals surface area contributed by atoms with Crippen LogP contribution in [0.25, 0.3) is 0 Å². The molecule has 5 heteroatoms. The summed E-state index contributed by atoms with van der Waals surface area (Å²) in [5.41, 5.74) is 2.97. The van der Waals surface area contributed by atoms with Crippen LogP contribution in [0.5, 0.6) is 0 Å². The largest absolute Gasteiger partial charge is 0.394 e. The Morgan fingerprint density at radius 3 is 2.58 bits per heavy atom. The number of aromatic nitrogens is 2. The summed E-state index contributed by atoms with van der Waals surface area (Å²) >= 11 is 0. The van der Waals surface area contributed by atoms with E-state index in [9.17, 15) is 9.90 Å². The van der Waals surface area contributed by atoms with E-state index >= 15 is 0 Å². The van der Waals surface area contributed by atoms with E-state index in [-0.39, 0.29) is 25.1 Å². The van der Waals surface area contributed by atoms with Gasteiger partial charge in [0.15, 0.2) is 0 Å². The van der Waals surface area contributed by atoms with Crippen molar-refractivity contribution in [2.45, 2.75) is 45.8 Å². The Bertz CT molecular complexity index is 692. The zero-order valence-electron chi connectivity index (χ0n) is 14.4. The highest BCUT2D eigenvalue weighted by molar-refractivity contribution is 5.76. The number of aryl methyl sites for hydroxylation is 2. The average Bonchev–Trinajstić information content (AvgIpc) is 3.34. The summed E-state index contributed by atoms with van der Waals surface area (Å²) in [5, 5.41) is 14.2. The number of hydrogen-bond acceptors (Lipinski definition) is 3. The second kappa shape index (κ2) is 7.18. The van der Waals surface area contributed by atoms with E-state index in [1.807, 2.05) is 55.1 Å². The summed E-state index contributed by atoms with van der Waals surface area (Å²) < 4.78 is 1.75. The van der Waals surface area contributed by atoms with Gasteiger partial charge in [0.1, 0.15) is 6.54 Å². The molecule has 1 aromatic carbocycles. The minimum absolute atomic E-state index is 0.0102. The number of hydrogen-bond donors (Lipinski definition) is 1. The summed E-state index contributed by atoms with van der Waals surface area (Å²) in [6, 6.07) is 11.8. The third-order valence-corrected chi connectivity index (χ3v) is 4.66. The molecule has 0 radical (unpaired) electrons. The van der Waals surface area contributed by atoms with Crippen molar-refractivity contribution in [3.63, 3.8) is 0 Å². The molecule has 1 atom stereocenters. The number of nitrogens with zero attached hydrogens (tertiary/aromatic N) is 3. The van der Waals surface area contributed by atoms with E-state index in [2.05, 4.69) is 5.10 Å². The summed E-state index contributed by atoms with van der Waals surface area (Å²) in [5.74, 6) is 0.430. The average molecular weight is 327 g/mol. The third kappa shape index (κ3) is 3.85. The molecule has 1 N–H and O–H groups in total. The first-order chi connectivity index (χ1) is 11.6. The van der Waals surface area contributed by atoms with E-state index < -0.39 is 0 Å². The predicted molar refractivity (Wildman–Crippen MR) is 92.3 cm³/mol. The van der Waals surface area contributed by atoms with Crippen molar-refractivity contribution < 1.29 is 9.90 Å². The fourth-order valence-corrected chi connectivity index (χ4v) is 3.21. The summed E-state index contributed by atoms with van der Waals surface area (Å²) in [7, 11) is 0. The van der Waals surface area contributed by atoms with Gasteiger partial charge in [-0.25, -0.2) is 0 Å². The molecule has 1 aliphatic carbocycles. The smallest absolute Gasteiger partial charge is 0.244 e. The Morgan fingerprint density at radius 1 is 1.33 bits per heavy atom. The van der Waals surface area contributed by atoms with Crippen LogP contribution in [0.3, 0.4) is 0 Å². The van der Waals surface area contributed by atoms with Gasteiger partial charge in [0.25, 0.3) is 0 Å². The predicted octanol–water partition coefficient (Wildman–Crippen LogP) is 2.30. The molecule has 1 saturated carbocycles. The van der Waals surface area contributed by atoms with Crippen LogP contribution >= 0.6 is 0 Å². The van der Waals surface area contributed by atoms with E-state index in [0.29, 0.717) is 12.5 Å². The van der Waals surface area contributed by atoms with Crippen LogP contribution < -0.4 is 0 Å². The first-order valence-corrected chi connectivity index (χ1v) is 8.54. The van der Waals surface area contributed by atoms with Gasteiger partial charge in [0, 0.05) is 12.2 Å². The van der Waals surface area contributed by atoms with Gasteiger partial charge in [-0.15, -0.1) is 0 Å². The maximum Gasteiger partial charge on any atom is 0.244 e. The van der Waals surface area contributed by atoms with Crippen LogP contribution in [0, 0.1) is 19.8 Å². The van der Waals surface area contributed by atoms with Crippen molar-refractivity contribution in [1.29, 1.82) is 0 Å². The lowest BCUT2D eigenvalue weighted by molar-refractivity contribution is -0.136. The van der Waals surface area contributed by atoms with Crippen LogP contribution in [-0.4, -0.2) is 38.3 Å². The van der Waals surface area contributed by atoms with E-state index in [1.54, 1.807) is 4.68 Å². The molecule has 1 amide bonds. The Labute approximate surface area is 142 Å². The van der Waals surface area contributed by atoms with Gasteiger partial charge in [-0.05, 0) is 44.2 Å². The molecule has 1 fully saturated rings. The first-order valence-electron chi connectivity index (χ1n) is 8.54. The SMILES string of the molecule is Cc1cc(C)n(CC(=O)N(Cc2ccccc2)C(CO)C2CC2)n1. The first kappa shape index (κ1) is 16.7. The summed E-state index contributed by atoms with van der Waals surface area (Å²) in [6.07, 6.45) is 2.17. The molecular formula is C19H25N3O2. The van der Waals surface area contributed by atoms with Crippen LogP contribution in [-0.2, 0) is 17.9 Å². The molecule has 2 aromatic rings. The van der Waals surface area contributed by atoms with Gasteiger partial charge in [-0.1, -0.05) is 30.3 Å². The molecule has 0 bridgehead atoms. The van der Waals surface area contributed by atoms with Crippen molar-refractivity contribution in [2.24, 2.45) is 5.92 Å². The van der Waals surface area contributed by atoms with Crippen LogP contribution in [0.4, 0.5) is 0 Å². The van der Waals surface area contributed by atoms with Gasteiger partial charge in [-0.3, -0.25) is 9.48 Å². The molecule has 24 heavy (non-hydrogen) atoms. The van der Waals surface area contributed by atoms with Crippen LogP contribution in [0.2, 0.25) is 0 Å². The second-order valence-electron chi connectivity index (χ2n) is 6.68. The van der Waals surface area contributed by atoms with Gasteiger partial charge in [-0.2, -0.15) is 5.10 Å². The van der Waals surface area contributed by atoms with Crippen molar-refractivity contribution in [2.75, 3.05) is 6.61 Å². The van der Waals surface area contributed by atoms with Crippen molar-refractivity contribution >= 4 is 5.91 Å². The Morgan fingerprint density at radius 2 is 2.04 bits per heavy atom. The van der Waals surface area contributed by atoms with E-state index in [1.165, 1.54) is 0 Å². The molecule has 1 unspecified atom stereocenters. The topological polar surface area (TPSA) is 58.4 Å². The van der Waals surface area contributed by atoms with Crippen LogP contribution in [0.15, 0.2) is 36.4 Å². The molecule has 1 aliphatic rings. The molecule has 5 nitrogen and oxygen atoms in total. The molecule has 1 aromatic heterocycles. The second-order valence-corrected chi connectivity index (χ2v) is 6.68. The highest BCUT2D eigenvalue weighted by Gasteiger charge is 2.37. The van der Waals surface area contributed by atoms with Gasteiger partial charge in [0.2, 0.25) is 5.91 Å². The minimum Gasteiger partial charge on any atom is -0.394 e. The molecule has 128 valence electrons. The quantitative estimate of drug-likeness (QED) is 0.849. The van der Waals surface area contributed by atoms with Gasteiger partial charge in [0.05, 0.1) is 18.3 Å². The lowest BCUT2D eigenvalue weighted by atomic mass is 10.1. The molecule has 0 saturated heterocycles. The zero-order chi connectivity index (χ0) is 17.1.